The summed E-state index contributed by atoms with van der Waals surface area (Å²) in [7, 11) is 1.68. The first kappa shape index (κ1) is 7.62. The fourth-order valence-electron chi connectivity index (χ4n) is 1.23. The lowest BCUT2D eigenvalue weighted by Crippen LogP contribution is -2.01. The highest BCUT2D eigenvalue weighted by atomic mass is 16.6. The van der Waals surface area contributed by atoms with Gasteiger partial charge in [-0.1, -0.05) is 12.1 Å². The number of hydrogen-bond acceptors (Lipinski definition) is 2. The first-order valence-corrected chi connectivity index (χ1v) is 4.03. The van der Waals surface area contributed by atoms with Gasteiger partial charge in [0.15, 0.2) is 0 Å². The van der Waals surface area contributed by atoms with E-state index in [2.05, 4.69) is 13.0 Å². The van der Waals surface area contributed by atoms with Crippen molar-refractivity contribution in [2.75, 3.05) is 13.7 Å². The summed E-state index contributed by atoms with van der Waals surface area (Å²) < 4.78 is 10.4. The van der Waals surface area contributed by atoms with Crippen LogP contribution in [0.3, 0.4) is 0 Å². The standard InChI is InChI=1S/C10H12O2/c1-10(7-12-10)8-4-3-5-9(6-8)11-2/h3-6H,7H2,1-2H3. The highest BCUT2D eigenvalue weighted by Crippen LogP contribution is 2.38. The van der Waals surface area contributed by atoms with Gasteiger partial charge in [0.2, 0.25) is 0 Å². The van der Waals surface area contributed by atoms with Crippen molar-refractivity contribution in [3.63, 3.8) is 0 Å². The average molecular weight is 164 g/mol. The summed E-state index contributed by atoms with van der Waals surface area (Å²) in [5.74, 6) is 0.893. The van der Waals surface area contributed by atoms with Gasteiger partial charge in [-0.2, -0.15) is 0 Å². The van der Waals surface area contributed by atoms with Crippen LogP contribution in [0.15, 0.2) is 24.3 Å². The zero-order chi connectivity index (χ0) is 8.60. The van der Waals surface area contributed by atoms with Crippen molar-refractivity contribution in [1.29, 1.82) is 0 Å². The number of hydrogen-bond donors (Lipinski definition) is 0. The van der Waals surface area contributed by atoms with Crippen LogP contribution in [-0.4, -0.2) is 13.7 Å². The van der Waals surface area contributed by atoms with Gasteiger partial charge in [0.25, 0.3) is 0 Å². The molecular weight excluding hydrogens is 152 g/mol. The Bertz CT molecular complexity index is 290. The van der Waals surface area contributed by atoms with Crippen LogP contribution in [-0.2, 0) is 10.3 Å². The van der Waals surface area contributed by atoms with E-state index >= 15 is 0 Å². The van der Waals surface area contributed by atoms with Crippen LogP contribution in [0, 0.1) is 0 Å². The second-order valence-electron chi connectivity index (χ2n) is 3.25. The molecule has 2 nitrogen and oxygen atoms in total. The molecule has 1 aromatic rings. The lowest BCUT2D eigenvalue weighted by molar-refractivity contribution is 0.328. The number of benzene rings is 1. The van der Waals surface area contributed by atoms with E-state index in [0.717, 1.165) is 12.4 Å². The predicted molar refractivity (Wildman–Crippen MR) is 46.3 cm³/mol. The van der Waals surface area contributed by atoms with Gasteiger partial charge in [-0.05, 0) is 24.6 Å². The van der Waals surface area contributed by atoms with E-state index in [9.17, 15) is 0 Å². The lowest BCUT2D eigenvalue weighted by atomic mass is 10.0. The molecule has 1 fully saturated rings. The minimum absolute atomic E-state index is 0.0471. The Kier molecular flexibility index (Phi) is 1.58. The number of ether oxygens (including phenoxy) is 2. The Morgan fingerprint density at radius 3 is 2.83 bits per heavy atom. The maximum absolute atomic E-state index is 5.33. The summed E-state index contributed by atoms with van der Waals surface area (Å²) in [6, 6.07) is 8.01. The monoisotopic (exact) mass is 164 g/mol. The van der Waals surface area contributed by atoms with Gasteiger partial charge >= 0.3 is 0 Å². The van der Waals surface area contributed by atoms with Crippen molar-refractivity contribution >= 4 is 0 Å². The molecule has 0 aromatic heterocycles. The molecule has 0 saturated carbocycles. The molecule has 0 radical (unpaired) electrons. The van der Waals surface area contributed by atoms with Gasteiger partial charge < -0.3 is 9.47 Å². The van der Waals surface area contributed by atoms with Crippen molar-refractivity contribution in [2.45, 2.75) is 12.5 Å². The molecule has 2 rings (SSSR count). The third-order valence-electron chi connectivity index (χ3n) is 2.26. The van der Waals surface area contributed by atoms with Crippen molar-refractivity contribution in [3.05, 3.63) is 29.8 Å². The predicted octanol–water partition coefficient (Wildman–Crippen LogP) is 1.94. The molecule has 0 amide bonds. The van der Waals surface area contributed by atoms with Crippen LogP contribution in [0.4, 0.5) is 0 Å². The Morgan fingerprint density at radius 1 is 1.50 bits per heavy atom. The first-order chi connectivity index (χ1) is 5.74. The highest BCUT2D eigenvalue weighted by molar-refractivity contribution is 5.34. The van der Waals surface area contributed by atoms with E-state index in [4.69, 9.17) is 9.47 Å². The van der Waals surface area contributed by atoms with Gasteiger partial charge in [0, 0.05) is 0 Å². The van der Waals surface area contributed by atoms with Crippen LogP contribution >= 0.6 is 0 Å². The lowest BCUT2D eigenvalue weighted by Gasteiger charge is -2.06. The Morgan fingerprint density at radius 2 is 2.25 bits per heavy atom. The maximum Gasteiger partial charge on any atom is 0.119 e. The van der Waals surface area contributed by atoms with Crippen molar-refractivity contribution in [1.82, 2.24) is 0 Å². The normalized spacial score (nSPS) is 26.8. The van der Waals surface area contributed by atoms with Gasteiger partial charge in [0.1, 0.15) is 11.4 Å². The van der Waals surface area contributed by atoms with Crippen LogP contribution in [0.25, 0.3) is 0 Å². The zero-order valence-corrected chi connectivity index (χ0v) is 7.33. The van der Waals surface area contributed by atoms with Crippen molar-refractivity contribution in [3.8, 4) is 5.75 Å². The molecule has 1 unspecified atom stereocenters. The maximum atomic E-state index is 5.33. The quantitative estimate of drug-likeness (QED) is 0.623. The highest BCUT2D eigenvalue weighted by Gasteiger charge is 2.41. The molecule has 0 aliphatic carbocycles. The molecule has 1 heterocycles. The molecular formula is C10H12O2. The van der Waals surface area contributed by atoms with Gasteiger partial charge in [-0.25, -0.2) is 0 Å². The molecule has 0 bridgehead atoms. The molecule has 2 heteroatoms. The first-order valence-electron chi connectivity index (χ1n) is 4.03. The second kappa shape index (κ2) is 2.49. The fourth-order valence-corrected chi connectivity index (χ4v) is 1.23. The van der Waals surface area contributed by atoms with E-state index in [1.54, 1.807) is 7.11 Å². The SMILES string of the molecule is COc1cccc(C2(C)CO2)c1. The number of methoxy groups -OCH3 is 1. The minimum Gasteiger partial charge on any atom is -0.497 e. The molecule has 1 atom stereocenters. The fraction of sp³-hybridized carbons (Fsp3) is 0.400. The Balaban J connectivity index is 2.32. The molecule has 1 aliphatic heterocycles. The van der Waals surface area contributed by atoms with E-state index in [1.165, 1.54) is 5.56 Å². The van der Waals surface area contributed by atoms with E-state index < -0.39 is 0 Å². The summed E-state index contributed by atoms with van der Waals surface area (Å²) in [6.45, 7) is 2.90. The molecule has 12 heavy (non-hydrogen) atoms. The smallest absolute Gasteiger partial charge is 0.119 e. The summed E-state index contributed by atoms with van der Waals surface area (Å²) in [5.41, 5.74) is 1.15. The minimum atomic E-state index is -0.0471. The van der Waals surface area contributed by atoms with Crippen molar-refractivity contribution < 1.29 is 9.47 Å². The van der Waals surface area contributed by atoms with E-state index in [-0.39, 0.29) is 5.60 Å². The molecule has 0 spiro atoms. The number of epoxide rings is 1. The molecule has 1 aliphatic rings. The van der Waals surface area contributed by atoms with E-state index in [1.807, 2.05) is 18.2 Å². The van der Waals surface area contributed by atoms with Gasteiger partial charge in [-0.15, -0.1) is 0 Å². The Hall–Kier alpha value is -1.02. The van der Waals surface area contributed by atoms with Crippen LogP contribution in [0.5, 0.6) is 5.75 Å². The summed E-state index contributed by atoms with van der Waals surface area (Å²) in [5, 5.41) is 0. The van der Waals surface area contributed by atoms with Crippen LogP contribution < -0.4 is 4.74 Å². The second-order valence-corrected chi connectivity index (χ2v) is 3.25. The third-order valence-corrected chi connectivity index (χ3v) is 2.26. The Labute approximate surface area is 72.1 Å². The molecule has 0 N–H and O–H groups in total. The average Bonchev–Trinajstić information content (AvgIpc) is 2.85. The van der Waals surface area contributed by atoms with E-state index in [0.29, 0.717) is 0 Å². The third kappa shape index (κ3) is 1.18. The largest absolute Gasteiger partial charge is 0.497 e. The topological polar surface area (TPSA) is 21.8 Å². The zero-order valence-electron chi connectivity index (χ0n) is 7.33. The summed E-state index contributed by atoms with van der Waals surface area (Å²) in [6.07, 6.45) is 0. The molecule has 1 aromatic carbocycles. The van der Waals surface area contributed by atoms with Crippen molar-refractivity contribution in [2.24, 2.45) is 0 Å². The molecule has 64 valence electrons. The summed E-state index contributed by atoms with van der Waals surface area (Å²) in [4.78, 5) is 0. The number of rotatable bonds is 2. The van der Waals surface area contributed by atoms with Crippen LogP contribution in [0.1, 0.15) is 12.5 Å². The van der Waals surface area contributed by atoms with Crippen LogP contribution in [0.2, 0.25) is 0 Å². The molecule has 1 saturated heterocycles. The van der Waals surface area contributed by atoms with Gasteiger partial charge in [-0.3, -0.25) is 0 Å². The summed E-state index contributed by atoms with van der Waals surface area (Å²) >= 11 is 0. The van der Waals surface area contributed by atoms with Gasteiger partial charge in [0.05, 0.1) is 13.7 Å².